The van der Waals surface area contributed by atoms with E-state index in [1.165, 1.54) is 50.8 Å². The molecule has 0 saturated carbocycles. The Hall–Kier alpha value is -0.860. The van der Waals surface area contributed by atoms with Crippen LogP contribution >= 0.6 is 24.0 Å². The van der Waals surface area contributed by atoms with Crippen molar-refractivity contribution in [3.8, 4) is 0 Å². The first kappa shape index (κ1) is 23.4. The van der Waals surface area contributed by atoms with Crippen LogP contribution in [0.3, 0.4) is 0 Å². The molecule has 2 N–H and O–H groups in total. The lowest BCUT2D eigenvalue weighted by Crippen LogP contribution is -2.51. The predicted octanol–water partition coefficient (Wildman–Crippen LogP) is 3.31. The number of rotatable bonds is 7. The highest BCUT2D eigenvalue weighted by molar-refractivity contribution is 14.0. The van der Waals surface area contributed by atoms with Crippen molar-refractivity contribution in [1.29, 1.82) is 0 Å². The zero-order chi connectivity index (χ0) is 18.9. The van der Waals surface area contributed by atoms with Gasteiger partial charge in [-0.05, 0) is 50.8 Å². The lowest BCUT2D eigenvalue weighted by atomic mass is 10.0. The van der Waals surface area contributed by atoms with E-state index >= 15 is 0 Å². The monoisotopic (exact) mass is 499 g/mol. The fourth-order valence-corrected chi connectivity index (χ4v) is 4.32. The highest BCUT2D eigenvalue weighted by atomic mass is 127. The van der Waals surface area contributed by atoms with Gasteiger partial charge in [-0.3, -0.25) is 14.8 Å². The molecule has 1 atom stereocenters. The average molecular weight is 499 g/mol. The van der Waals surface area contributed by atoms with Crippen LogP contribution in [0.4, 0.5) is 0 Å². The highest BCUT2D eigenvalue weighted by Gasteiger charge is 2.22. The summed E-state index contributed by atoms with van der Waals surface area (Å²) in [4.78, 5) is 9.65. The maximum atomic E-state index is 4.46. The molecule has 0 spiro atoms. The van der Waals surface area contributed by atoms with Gasteiger partial charge in [0.2, 0.25) is 0 Å². The van der Waals surface area contributed by atoms with Gasteiger partial charge in [0.05, 0.1) is 0 Å². The van der Waals surface area contributed by atoms with Crippen LogP contribution < -0.4 is 10.6 Å². The van der Waals surface area contributed by atoms with Crippen molar-refractivity contribution in [3.63, 3.8) is 0 Å². The Kier molecular flexibility index (Phi) is 10.6. The van der Waals surface area contributed by atoms with Crippen LogP contribution in [0.1, 0.15) is 44.6 Å². The van der Waals surface area contributed by atoms with E-state index in [-0.39, 0.29) is 24.0 Å². The second kappa shape index (κ2) is 12.6. The predicted molar refractivity (Wildman–Crippen MR) is 130 cm³/mol. The van der Waals surface area contributed by atoms with Crippen molar-refractivity contribution >= 4 is 29.9 Å². The van der Waals surface area contributed by atoms with E-state index in [1.807, 2.05) is 7.05 Å². The van der Waals surface area contributed by atoms with Gasteiger partial charge < -0.3 is 10.6 Å². The van der Waals surface area contributed by atoms with Crippen LogP contribution in [-0.4, -0.2) is 67.6 Å². The quantitative estimate of drug-likeness (QED) is 0.343. The molecule has 0 aliphatic carbocycles. The van der Waals surface area contributed by atoms with E-state index < -0.39 is 0 Å². The zero-order valence-electron chi connectivity index (χ0n) is 17.6. The molecular formula is C22H38IN5. The molecule has 1 unspecified atom stereocenters. The summed E-state index contributed by atoms with van der Waals surface area (Å²) in [6.45, 7) is 9.16. The fourth-order valence-electron chi connectivity index (χ4n) is 4.32. The summed E-state index contributed by atoms with van der Waals surface area (Å²) in [6, 6.07) is 11.9. The number of hydrogen-bond acceptors (Lipinski definition) is 3. The van der Waals surface area contributed by atoms with Crippen LogP contribution in [0.25, 0.3) is 0 Å². The van der Waals surface area contributed by atoms with Gasteiger partial charge in [-0.1, -0.05) is 37.3 Å². The summed E-state index contributed by atoms with van der Waals surface area (Å²) in [5, 5.41) is 7.23. The first-order valence-corrected chi connectivity index (χ1v) is 10.8. The minimum Gasteiger partial charge on any atom is -0.355 e. The van der Waals surface area contributed by atoms with Crippen molar-refractivity contribution in [1.82, 2.24) is 20.4 Å². The van der Waals surface area contributed by atoms with Gasteiger partial charge >= 0.3 is 0 Å². The third-order valence-corrected chi connectivity index (χ3v) is 6.03. The molecule has 0 aromatic heterocycles. The third kappa shape index (κ3) is 7.19. The molecule has 5 nitrogen and oxygen atoms in total. The second-order valence-corrected chi connectivity index (χ2v) is 7.94. The molecule has 2 saturated heterocycles. The molecule has 2 heterocycles. The topological polar surface area (TPSA) is 42.9 Å². The van der Waals surface area contributed by atoms with E-state index in [4.69, 9.17) is 0 Å². The number of aliphatic imine (C=N–C) groups is 1. The summed E-state index contributed by atoms with van der Waals surface area (Å²) in [5.41, 5.74) is 1.41. The van der Waals surface area contributed by atoms with E-state index in [0.29, 0.717) is 12.1 Å². The van der Waals surface area contributed by atoms with Crippen molar-refractivity contribution in [3.05, 3.63) is 35.9 Å². The maximum Gasteiger partial charge on any atom is 0.191 e. The number of likely N-dealkylation sites (tertiary alicyclic amines) is 2. The molecule has 0 bridgehead atoms. The van der Waals surface area contributed by atoms with Gasteiger partial charge in [0.15, 0.2) is 5.96 Å². The number of nitrogens with one attached hydrogen (secondary N) is 2. The number of piperidine rings is 1. The minimum atomic E-state index is 0. The molecule has 2 aliphatic heterocycles. The lowest BCUT2D eigenvalue weighted by Gasteiger charge is -2.33. The molecule has 158 valence electrons. The summed E-state index contributed by atoms with van der Waals surface area (Å²) in [7, 11) is 1.89. The number of hydrogen-bond donors (Lipinski definition) is 2. The Morgan fingerprint density at radius 2 is 1.79 bits per heavy atom. The summed E-state index contributed by atoms with van der Waals surface area (Å²) in [6.07, 6.45) is 6.26. The Morgan fingerprint density at radius 1 is 1.11 bits per heavy atom. The van der Waals surface area contributed by atoms with Gasteiger partial charge in [-0.15, -0.1) is 24.0 Å². The van der Waals surface area contributed by atoms with E-state index in [2.05, 4.69) is 62.7 Å². The lowest BCUT2D eigenvalue weighted by molar-refractivity contribution is 0.198. The number of halogens is 1. The molecule has 1 aromatic rings. The Labute approximate surface area is 188 Å². The Bertz CT molecular complexity index is 566. The van der Waals surface area contributed by atoms with Crippen molar-refractivity contribution in [2.24, 2.45) is 4.99 Å². The van der Waals surface area contributed by atoms with Gasteiger partial charge in [0.1, 0.15) is 0 Å². The standard InChI is InChI=1S/C22H37N5.HI/c1-3-21(27-13-7-8-14-27)17-24-22(23-2)25-20-11-15-26(16-12-20)18-19-9-5-4-6-10-19;/h4-6,9-10,20-21H,3,7-8,11-18H2,1-2H3,(H2,23,24,25);1H. The second-order valence-electron chi connectivity index (χ2n) is 7.94. The number of guanidine groups is 1. The van der Waals surface area contributed by atoms with Crippen molar-refractivity contribution in [2.45, 2.75) is 57.7 Å². The van der Waals surface area contributed by atoms with E-state index in [1.54, 1.807) is 0 Å². The zero-order valence-corrected chi connectivity index (χ0v) is 19.9. The Balaban J connectivity index is 0.00000280. The molecule has 0 radical (unpaired) electrons. The first-order valence-electron chi connectivity index (χ1n) is 10.8. The van der Waals surface area contributed by atoms with Crippen LogP contribution in [0.5, 0.6) is 0 Å². The van der Waals surface area contributed by atoms with Gasteiger partial charge in [0, 0.05) is 45.3 Å². The summed E-state index contributed by atoms with van der Waals surface area (Å²) in [5.74, 6) is 0.967. The first-order chi connectivity index (χ1) is 13.3. The summed E-state index contributed by atoms with van der Waals surface area (Å²) >= 11 is 0. The SMILES string of the molecule is CCC(CNC(=NC)NC1CCN(Cc2ccccc2)CC1)N1CCCC1.I. The normalized spacial score (nSPS) is 20.6. The van der Waals surface area contributed by atoms with E-state index in [0.717, 1.165) is 32.1 Å². The summed E-state index contributed by atoms with van der Waals surface area (Å²) < 4.78 is 0. The molecule has 0 amide bonds. The smallest absolute Gasteiger partial charge is 0.191 e. The van der Waals surface area contributed by atoms with Crippen molar-refractivity contribution in [2.75, 3.05) is 39.8 Å². The van der Waals surface area contributed by atoms with Gasteiger partial charge in [-0.25, -0.2) is 0 Å². The average Bonchev–Trinajstić information content (AvgIpc) is 3.24. The Morgan fingerprint density at radius 3 is 2.39 bits per heavy atom. The van der Waals surface area contributed by atoms with Gasteiger partial charge in [-0.2, -0.15) is 0 Å². The highest BCUT2D eigenvalue weighted by Crippen LogP contribution is 2.15. The number of nitrogens with zero attached hydrogens (tertiary/aromatic N) is 3. The fraction of sp³-hybridized carbons (Fsp3) is 0.682. The minimum absolute atomic E-state index is 0. The van der Waals surface area contributed by atoms with Crippen LogP contribution in [0.15, 0.2) is 35.3 Å². The van der Waals surface area contributed by atoms with Crippen molar-refractivity contribution < 1.29 is 0 Å². The van der Waals surface area contributed by atoms with E-state index in [9.17, 15) is 0 Å². The molecule has 6 heteroatoms. The maximum absolute atomic E-state index is 4.46. The van der Waals surface area contributed by atoms with Crippen LogP contribution in [0, 0.1) is 0 Å². The molecule has 2 fully saturated rings. The molecular weight excluding hydrogens is 461 g/mol. The largest absolute Gasteiger partial charge is 0.355 e. The molecule has 3 rings (SSSR count). The third-order valence-electron chi connectivity index (χ3n) is 6.03. The number of benzene rings is 1. The van der Waals surface area contributed by atoms with Crippen LogP contribution in [0.2, 0.25) is 0 Å². The van der Waals surface area contributed by atoms with Gasteiger partial charge in [0.25, 0.3) is 0 Å². The van der Waals surface area contributed by atoms with Crippen LogP contribution in [-0.2, 0) is 6.54 Å². The molecule has 1 aromatic carbocycles. The molecule has 28 heavy (non-hydrogen) atoms. The molecule has 2 aliphatic rings.